The molecule has 4 rings (SSSR count). The molecular weight excluding hydrogens is 388 g/mol. The summed E-state index contributed by atoms with van der Waals surface area (Å²) in [6.07, 6.45) is 0. The van der Waals surface area contributed by atoms with Gasteiger partial charge in [-0.15, -0.1) is 11.3 Å². The van der Waals surface area contributed by atoms with Crippen LogP contribution in [0.15, 0.2) is 89.1 Å². The lowest BCUT2D eigenvalue weighted by Gasteiger charge is -2.08. The Morgan fingerprint density at radius 2 is 1.54 bits per heavy atom. The smallest absolute Gasteiger partial charge is 0.261 e. The van der Waals surface area contributed by atoms with E-state index < -0.39 is 10.0 Å². The zero-order valence-electron chi connectivity index (χ0n) is 15.2. The van der Waals surface area contributed by atoms with Gasteiger partial charge in [0.25, 0.3) is 10.0 Å². The number of sulfonamides is 1. The van der Waals surface area contributed by atoms with E-state index >= 15 is 0 Å². The number of aromatic nitrogens is 1. The molecule has 0 aliphatic heterocycles. The van der Waals surface area contributed by atoms with E-state index in [2.05, 4.69) is 23.8 Å². The maximum atomic E-state index is 12.4. The summed E-state index contributed by atoms with van der Waals surface area (Å²) in [5.74, 6) is 0. The van der Waals surface area contributed by atoms with Gasteiger partial charge in [0.2, 0.25) is 0 Å². The van der Waals surface area contributed by atoms with E-state index in [1.807, 2.05) is 29.6 Å². The Morgan fingerprint density at radius 1 is 0.857 bits per heavy atom. The van der Waals surface area contributed by atoms with Gasteiger partial charge in [0.15, 0.2) is 0 Å². The molecule has 0 fully saturated rings. The summed E-state index contributed by atoms with van der Waals surface area (Å²) in [4.78, 5) is 4.98. The van der Waals surface area contributed by atoms with Crippen molar-refractivity contribution in [1.82, 2.24) is 4.98 Å². The van der Waals surface area contributed by atoms with Gasteiger partial charge in [0.1, 0.15) is 5.01 Å². The number of benzene rings is 3. The lowest BCUT2D eigenvalue weighted by atomic mass is 10.1. The highest BCUT2D eigenvalue weighted by Crippen LogP contribution is 2.31. The molecule has 0 saturated carbocycles. The van der Waals surface area contributed by atoms with Crippen molar-refractivity contribution in [3.05, 3.63) is 89.8 Å². The third-order valence-corrected chi connectivity index (χ3v) is 6.64. The number of aryl methyl sites for hydroxylation is 1. The van der Waals surface area contributed by atoms with E-state index in [4.69, 9.17) is 4.98 Å². The highest BCUT2D eigenvalue weighted by molar-refractivity contribution is 7.92. The SMILES string of the molecule is Cc1ccccc1-c1nc(-c2ccc(NS(=O)(=O)c3ccccc3)cc2)cs1. The molecule has 3 aromatic carbocycles. The largest absolute Gasteiger partial charge is 0.280 e. The highest BCUT2D eigenvalue weighted by atomic mass is 32.2. The molecule has 28 heavy (non-hydrogen) atoms. The number of hydrogen-bond acceptors (Lipinski definition) is 4. The average Bonchev–Trinajstić information content (AvgIpc) is 3.19. The van der Waals surface area contributed by atoms with Crippen LogP contribution >= 0.6 is 11.3 Å². The van der Waals surface area contributed by atoms with E-state index in [9.17, 15) is 8.42 Å². The van der Waals surface area contributed by atoms with Crippen molar-refractivity contribution in [2.24, 2.45) is 0 Å². The number of anilines is 1. The normalized spacial score (nSPS) is 11.3. The number of nitrogens with one attached hydrogen (secondary N) is 1. The zero-order chi connectivity index (χ0) is 19.6. The van der Waals surface area contributed by atoms with Crippen LogP contribution in [-0.4, -0.2) is 13.4 Å². The second kappa shape index (κ2) is 7.58. The fourth-order valence-electron chi connectivity index (χ4n) is 2.87. The van der Waals surface area contributed by atoms with Gasteiger partial charge in [-0.1, -0.05) is 54.6 Å². The molecule has 0 bridgehead atoms. The molecule has 0 spiro atoms. The predicted octanol–water partition coefficient (Wildman–Crippen LogP) is 5.59. The zero-order valence-corrected chi connectivity index (χ0v) is 16.8. The topological polar surface area (TPSA) is 59.1 Å². The standard InChI is InChI=1S/C22H18N2O2S2/c1-16-7-5-6-10-20(16)22-23-21(15-27-22)17-11-13-18(14-12-17)24-28(25,26)19-8-3-2-4-9-19/h2-15,24H,1H3. The number of rotatable bonds is 5. The summed E-state index contributed by atoms with van der Waals surface area (Å²) < 4.78 is 27.5. The molecular formula is C22H18N2O2S2. The molecule has 6 heteroatoms. The van der Waals surface area contributed by atoms with Crippen LogP contribution in [0.25, 0.3) is 21.8 Å². The minimum absolute atomic E-state index is 0.237. The lowest BCUT2D eigenvalue weighted by Crippen LogP contribution is -2.12. The minimum atomic E-state index is -3.59. The predicted molar refractivity (Wildman–Crippen MR) is 115 cm³/mol. The van der Waals surface area contributed by atoms with Gasteiger partial charge < -0.3 is 0 Å². The van der Waals surface area contributed by atoms with Crippen molar-refractivity contribution in [3.63, 3.8) is 0 Å². The van der Waals surface area contributed by atoms with Crippen LogP contribution in [0.3, 0.4) is 0 Å². The van der Waals surface area contributed by atoms with Gasteiger partial charge in [0.05, 0.1) is 10.6 Å². The maximum absolute atomic E-state index is 12.4. The fourth-order valence-corrected chi connectivity index (χ4v) is 4.86. The molecule has 0 aliphatic carbocycles. The van der Waals surface area contributed by atoms with Crippen LogP contribution in [0.5, 0.6) is 0 Å². The molecule has 4 nitrogen and oxygen atoms in total. The molecule has 1 heterocycles. The van der Waals surface area contributed by atoms with E-state index in [-0.39, 0.29) is 4.90 Å². The van der Waals surface area contributed by atoms with E-state index in [1.54, 1.807) is 53.8 Å². The third kappa shape index (κ3) is 3.83. The summed E-state index contributed by atoms with van der Waals surface area (Å²) in [6, 6.07) is 23.7. The van der Waals surface area contributed by atoms with E-state index in [0.29, 0.717) is 5.69 Å². The number of thiazole rings is 1. The van der Waals surface area contributed by atoms with Crippen LogP contribution in [0.2, 0.25) is 0 Å². The molecule has 1 aromatic heterocycles. The first kappa shape index (κ1) is 18.4. The molecule has 0 atom stereocenters. The van der Waals surface area contributed by atoms with Crippen LogP contribution in [0.1, 0.15) is 5.56 Å². The molecule has 140 valence electrons. The monoisotopic (exact) mass is 406 g/mol. The summed E-state index contributed by atoms with van der Waals surface area (Å²) in [5, 5.41) is 2.99. The van der Waals surface area contributed by atoms with Gasteiger partial charge in [-0.25, -0.2) is 13.4 Å². The molecule has 1 N–H and O–H groups in total. The molecule has 0 amide bonds. The van der Waals surface area contributed by atoms with E-state index in [1.165, 1.54) is 5.56 Å². The van der Waals surface area contributed by atoms with Crippen molar-refractivity contribution in [2.75, 3.05) is 4.72 Å². The quantitative estimate of drug-likeness (QED) is 0.470. The summed E-state index contributed by atoms with van der Waals surface area (Å²) in [5.41, 5.74) is 4.65. The van der Waals surface area contributed by atoms with Crippen molar-refractivity contribution in [2.45, 2.75) is 11.8 Å². The van der Waals surface area contributed by atoms with Crippen molar-refractivity contribution < 1.29 is 8.42 Å². The Labute approximate surface area is 168 Å². The lowest BCUT2D eigenvalue weighted by molar-refractivity contribution is 0.601. The second-order valence-corrected chi connectivity index (χ2v) is 8.89. The Morgan fingerprint density at radius 3 is 2.25 bits per heavy atom. The average molecular weight is 407 g/mol. The molecule has 0 saturated heterocycles. The minimum Gasteiger partial charge on any atom is -0.280 e. The summed E-state index contributed by atoms with van der Waals surface area (Å²) in [6.45, 7) is 2.07. The Kier molecular flexibility index (Phi) is 4.98. The fraction of sp³-hybridized carbons (Fsp3) is 0.0455. The van der Waals surface area contributed by atoms with Crippen molar-refractivity contribution in [1.29, 1.82) is 0 Å². The first-order valence-corrected chi connectivity index (χ1v) is 11.1. The van der Waals surface area contributed by atoms with E-state index in [0.717, 1.165) is 21.8 Å². The number of hydrogen-bond donors (Lipinski definition) is 1. The Bertz CT molecular complexity index is 1200. The molecule has 0 radical (unpaired) electrons. The number of nitrogens with zero attached hydrogens (tertiary/aromatic N) is 1. The first-order chi connectivity index (χ1) is 13.5. The Balaban J connectivity index is 1.55. The first-order valence-electron chi connectivity index (χ1n) is 8.73. The molecule has 4 aromatic rings. The van der Waals surface area contributed by atoms with Crippen LogP contribution in [-0.2, 0) is 10.0 Å². The summed E-state index contributed by atoms with van der Waals surface area (Å²) in [7, 11) is -3.59. The highest BCUT2D eigenvalue weighted by Gasteiger charge is 2.14. The van der Waals surface area contributed by atoms with Gasteiger partial charge in [0, 0.05) is 22.2 Å². The Hall–Kier alpha value is -2.96. The van der Waals surface area contributed by atoms with Gasteiger partial charge >= 0.3 is 0 Å². The van der Waals surface area contributed by atoms with Gasteiger partial charge in [-0.3, -0.25) is 4.72 Å². The second-order valence-electron chi connectivity index (χ2n) is 6.35. The maximum Gasteiger partial charge on any atom is 0.261 e. The van der Waals surface area contributed by atoms with Crippen molar-refractivity contribution in [3.8, 4) is 21.8 Å². The van der Waals surface area contributed by atoms with Crippen LogP contribution in [0.4, 0.5) is 5.69 Å². The van der Waals surface area contributed by atoms with Gasteiger partial charge in [-0.05, 0) is 36.8 Å². The van der Waals surface area contributed by atoms with Crippen molar-refractivity contribution >= 4 is 27.0 Å². The van der Waals surface area contributed by atoms with Gasteiger partial charge in [-0.2, -0.15) is 0 Å². The van der Waals surface area contributed by atoms with Crippen LogP contribution in [0, 0.1) is 6.92 Å². The van der Waals surface area contributed by atoms with Crippen LogP contribution < -0.4 is 4.72 Å². The summed E-state index contributed by atoms with van der Waals surface area (Å²) >= 11 is 1.60. The molecule has 0 unspecified atom stereocenters. The molecule has 0 aliphatic rings. The third-order valence-electron chi connectivity index (χ3n) is 4.37.